The summed E-state index contributed by atoms with van der Waals surface area (Å²) in [7, 11) is 0. The molecule has 3 aromatic rings. The van der Waals surface area contributed by atoms with Crippen LogP contribution < -0.4 is 10.6 Å². The van der Waals surface area contributed by atoms with E-state index in [1.54, 1.807) is 12.3 Å². The lowest BCUT2D eigenvalue weighted by atomic mass is 9.92. The quantitative estimate of drug-likeness (QED) is 0.376. The Morgan fingerprint density at radius 3 is 2.59 bits per heavy atom. The molecule has 1 saturated heterocycles. The van der Waals surface area contributed by atoms with Gasteiger partial charge in [0.25, 0.3) is 0 Å². The Hall–Kier alpha value is -3.78. The summed E-state index contributed by atoms with van der Waals surface area (Å²) in [5.41, 5.74) is 3.51. The number of nitrogens with zero attached hydrogens (tertiary/aromatic N) is 3. The van der Waals surface area contributed by atoms with Crippen LogP contribution in [-0.4, -0.2) is 51.5 Å². The molecule has 37 heavy (non-hydrogen) atoms. The Labute approximate surface area is 216 Å². The molecule has 0 atom stereocenters. The Kier molecular flexibility index (Phi) is 6.34. The number of carbonyl (C=O) groups is 2. The number of rotatable bonds is 9. The van der Waals surface area contributed by atoms with Gasteiger partial charge in [0.2, 0.25) is 11.8 Å². The maximum atomic E-state index is 13.2. The molecule has 190 valence electrons. The number of aromatic nitrogens is 3. The van der Waals surface area contributed by atoms with Crippen LogP contribution in [0, 0.1) is 0 Å². The van der Waals surface area contributed by atoms with Crippen molar-refractivity contribution in [1.29, 1.82) is 0 Å². The van der Waals surface area contributed by atoms with Gasteiger partial charge >= 0.3 is 0 Å². The van der Waals surface area contributed by atoms with Gasteiger partial charge in [-0.15, -0.1) is 0 Å². The van der Waals surface area contributed by atoms with Crippen molar-refractivity contribution in [3.63, 3.8) is 0 Å². The molecule has 1 aromatic carbocycles. The molecule has 3 N–H and O–H groups in total. The Bertz CT molecular complexity index is 1310. The summed E-state index contributed by atoms with van der Waals surface area (Å²) in [6, 6.07) is 13.8. The molecule has 1 aliphatic heterocycles. The number of aromatic amines is 1. The highest BCUT2D eigenvalue weighted by Crippen LogP contribution is 2.49. The molecule has 0 radical (unpaired) electrons. The first-order valence-corrected chi connectivity index (χ1v) is 13.2. The summed E-state index contributed by atoms with van der Waals surface area (Å²) >= 11 is 0. The summed E-state index contributed by atoms with van der Waals surface area (Å²) in [6.07, 6.45) is 11.7. The predicted octanol–water partition coefficient (Wildman–Crippen LogP) is 4.61. The van der Waals surface area contributed by atoms with E-state index in [0.29, 0.717) is 17.6 Å². The third-order valence-electron chi connectivity index (χ3n) is 7.64. The lowest BCUT2D eigenvalue weighted by Crippen LogP contribution is -2.28. The van der Waals surface area contributed by atoms with E-state index in [9.17, 15) is 9.59 Å². The first-order chi connectivity index (χ1) is 18.1. The predicted molar refractivity (Wildman–Crippen MR) is 143 cm³/mol. The van der Waals surface area contributed by atoms with Gasteiger partial charge in [-0.3, -0.25) is 19.6 Å². The van der Waals surface area contributed by atoms with E-state index in [1.165, 1.54) is 25.7 Å². The minimum absolute atomic E-state index is 0.00697. The summed E-state index contributed by atoms with van der Waals surface area (Å²) in [6.45, 7) is 3.01. The van der Waals surface area contributed by atoms with Crippen molar-refractivity contribution in [2.75, 3.05) is 30.3 Å². The standard InChI is InChI=1S/C29H32N6O2/c36-27(7-4-16-35-14-1-2-15-35)31-25-11-10-22(19-30-25)21-5-3-6-23(17-21)29(12-13-29)28(37)32-26-18-24(33-34-26)20-8-9-20/h3-7,10-11,17-20H,1-2,8-9,12-16H2,(H,30,31,36)(H2,32,33,34,37)/b7-4+. The molecule has 3 heterocycles. The number of anilines is 2. The Morgan fingerprint density at radius 1 is 1.03 bits per heavy atom. The number of likely N-dealkylation sites (tertiary alicyclic amines) is 1. The van der Waals surface area contributed by atoms with Gasteiger partial charge in [-0.05, 0) is 74.9 Å². The van der Waals surface area contributed by atoms with Crippen LogP contribution in [0.2, 0.25) is 0 Å². The van der Waals surface area contributed by atoms with Crippen molar-refractivity contribution in [1.82, 2.24) is 20.1 Å². The average Bonchev–Trinajstić information content (AvgIpc) is 3.83. The SMILES string of the molecule is O=C(/C=C/CN1CCCC1)Nc1ccc(-c2cccc(C3(C(=O)Nc4cc(C5CC5)[nH]n4)CC3)c2)cn1. The van der Waals surface area contributed by atoms with Crippen molar-refractivity contribution < 1.29 is 9.59 Å². The van der Waals surface area contributed by atoms with Crippen molar-refractivity contribution in [3.8, 4) is 11.1 Å². The molecular formula is C29H32N6O2. The maximum Gasteiger partial charge on any atom is 0.249 e. The number of pyridine rings is 1. The molecule has 3 fully saturated rings. The molecule has 2 aromatic heterocycles. The zero-order chi connectivity index (χ0) is 25.2. The summed E-state index contributed by atoms with van der Waals surface area (Å²) in [5, 5.41) is 13.2. The normalized spacial score (nSPS) is 18.7. The summed E-state index contributed by atoms with van der Waals surface area (Å²) in [5.74, 6) is 1.49. The van der Waals surface area contributed by atoms with E-state index < -0.39 is 5.41 Å². The van der Waals surface area contributed by atoms with Crippen LogP contribution in [0.1, 0.15) is 55.7 Å². The van der Waals surface area contributed by atoms with Crippen LogP contribution in [0.5, 0.6) is 0 Å². The van der Waals surface area contributed by atoms with Gasteiger partial charge in [0.05, 0.1) is 5.41 Å². The number of benzene rings is 1. The number of amides is 2. The van der Waals surface area contributed by atoms with E-state index in [-0.39, 0.29) is 11.8 Å². The molecular weight excluding hydrogens is 464 g/mol. The second-order valence-corrected chi connectivity index (χ2v) is 10.4. The van der Waals surface area contributed by atoms with Gasteiger partial charge in [-0.25, -0.2) is 4.98 Å². The molecule has 2 amide bonds. The van der Waals surface area contributed by atoms with Gasteiger partial charge in [-0.2, -0.15) is 5.10 Å². The smallest absolute Gasteiger partial charge is 0.249 e. The molecule has 3 aliphatic rings. The van der Waals surface area contributed by atoms with Crippen LogP contribution in [-0.2, 0) is 15.0 Å². The Balaban J connectivity index is 1.09. The van der Waals surface area contributed by atoms with Crippen molar-refractivity contribution >= 4 is 23.5 Å². The second kappa shape index (κ2) is 9.94. The summed E-state index contributed by atoms with van der Waals surface area (Å²) < 4.78 is 0. The van der Waals surface area contributed by atoms with Gasteiger partial charge < -0.3 is 10.6 Å². The number of hydrogen-bond donors (Lipinski definition) is 3. The zero-order valence-corrected chi connectivity index (χ0v) is 20.9. The fourth-order valence-electron chi connectivity index (χ4n) is 5.09. The van der Waals surface area contributed by atoms with E-state index >= 15 is 0 Å². The maximum absolute atomic E-state index is 13.2. The molecule has 0 unspecified atom stereocenters. The lowest BCUT2D eigenvalue weighted by molar-refractivity contribution is -0.118. The molecule has 2 aliphatic carbocycles. The van der Waals surface area contributed by atoms with E-state index in [2.05, 4.69) is 36.8 Å². The van der Waals surface area contributed by atoms with E-state index in [4.69, 9.17) is 0 Å². The van der Waals surface area contributed by atoms with Crippen LogP contribution in [0.15, 0.2) is 60.8 Å². The topological polar surface area (TPSA) is 103 Å². The van der Waals surface area contributed by atoms with Crippen molar-refractivity contribution in [2.45, 2.75) is 49.9 Å². The van der Waals surface area contributed by atoms with Gasteiger partial charge in [0, 0.05) is 42.1 Å². The second-order valence-electron chi connectivity index (χ2n) is 10.4. The van der Waals surface area contributed by atoms with Crippen LogP contribution in [0.25, 0.3) is 11.1 Å². The molecule has 0 spiro atoms. The van der Waals surface area contributed by atoms with Crippen LogP contribution >= 0.6 is 0 Å². The number of H-pyrrole nitrogens is 1. The van der Waals surface area contributed by atoms with E-state index in [1.807, 2.05) is 42.5 Å². The van der Waals surface area contributed by atoms with Crippen LogP contribution in [0.3, 0.4) is 0 Å². The van der Waals surface area contributed by atoms with Crippen molar-refractivity contribution in [3.05, 3.63) is 72.1 Å². The summed E-state index contributed by atoms with van der Waals surface area (Å²) in [4.78, 5) is 32.2. The minimum Gasteiger partial charge on any atom is -0.308 e. The molecule has 0 bridgehead atoms. The molecule has 2 saturated carbocycles. The first-order valence-electron chi connectivity index (χ1n) is 13.2. The molecule has 8 nitrogen and oxygen atoms in total. The molecule has 8 heteroatoms. The largest absolute Gasteiger partial charge is 0.308 e. The highest BCUT2D eigenvalue weighted by atomic mass is 16.2. The lowest BCUT2D eigenvalue weighted by Gasteiger charge is -2.16. The Morgan fingerprint density at radius 2 is 1.86 bits per heavy atom. The minimum atomic E-state index is -0.516. The van der Waals surface area contributed by atoms with Crippen molar-refractivity contribution in [2.24, 2.45) is 0 Å². The highest BCUT2D eigenvalue weighted by Gasteiger charge is 2.51. The van der Waals surface area contributed by atoms with E-state index in [0.717, 1.165) is 54.9 Å². The number of carbonyl (C=O) groups excluding carboxylic acids is 2. The highest BCUT2D eigenvalue weighted by molar-refractivity contribution is 6.01. The third kappa shape index (κ3) is 5.34. The van der Waals surface area contributed by atoms with Gasteiger partial charge in [0.15, 0.2) is 5.82 Å². The fourth-order valence-corrected chi connectivity index (χ4v) is 5.09. The number of hydrogen-bond acceptors (Lipinski definition) is 5. The van der Waals surface area contributed by atoms with Gasteiger partial charge in [-0.1, -0.05) is 30.3 Å². The number of nitrogens with one attached hydrogen (secondary N) is 3. The third-order valence-corrected chi connectivity index (χ3v) is 7.64. The first kappa shape index (κ1) is 23.6. The average molecular weight is 497 g/mol. The fraction of sp³-hybridized carbons (Fsp3) is 0.379. The molecule has 6 rings (SSSR count). The van der Waals surface area contributed by atoms with Gasteiger partial charge in [0.1, 0.15) is 5.82 Å². The van der Waals surface area contributed by atoms with Crippen LogP contribution in [0.4, 0.5) is 11.6 Å². The zero-order valence-electron chi connectivity index (χ0n) is 20.9. The monoisotopic (exact) mass is 496 g/mol.